The van der Waals surface area contributed by atoms with Crippen LogP contribution in [0.4, 0.5) is 0 Å². The number of H-pyrrole nitrogens is 1. The van der Waals surface area contributed by atoms with Crippen LogP contribution in [0.25, 0.3) is 11.0 Å². The van der Waals surface area contributed by atoms with Gasteiger partial charge in [-0.3, -0.25) is 9.78 Å². The fourth-order valence-corrected chi connectivity index (χ4v) is 3.47. The van der Waals surface area contributed by atoms with Crippen LogP contribution < -0.4 is 5.56 Å². The van der Waals surface area contributed by atoms with Gasteiger partial charge in [0.25, 0.3) is 5.56 Å². The van der Waals surface area contributed by atoms with E-state index in [0.717, 1.165) is 0 Å². The summed E-state index contributed by atoms with van der Waals surface area (Å²) in [6, 6.07) is 1.68. The standard InChI is InChI=1S/C14H16ClN3O5/c1-14(2)22-9-7(5-19)21-12(10(9)23-14)18-4-3-6-8(18)11(20)17-13(15)16-6/h3-4,7,9-10,12,19H,5H2,1-2H3,(H,16,17,20)/t7-,9-,10-,12-/m1/s1. The van der Waals surface area contributed by atoms with Gasteiger partial charge in [-0.1, -0.05) is 0 Å². The van der Waals surface area contributed by atoms with Crippen molar-refractivity contribution < 1.29 is 19.3 Å². The second-order valence-corrected chi connectivity index (χ2v) is 6.48. The molecule has 0 amide bonds. The van der Waals surface area contributed by atoms with Crippen LogP contribution in [-0.2, 0) is 14.2 Å². The van der Waals surface area contributed by atoms with Gasteiger partial charge in [-0.2, -0.15) is 0 Å². The van der Waals surface area contributed by atoms with Crippen molar-refractivity contribution in [3.05, 3.63) is 27.9 Å². The van der Waals surface area contributed by atoms with Crippen LogP contribution >= 0.6 is 11.6 Å². The first-order valence-electron chi connectivity index (χ1n) is 7.28. The average Bonchev–Trinajstić information content (AvgIpc) is 3.09. The molecule has 0 unspecified atom stereocenters. The van der Waals surface area contributed by atoms with E-state index in [1.807, 2.05) is 0 Å². The number of fused-ring (bicyclic) bond motifs is 2. The molecule has 4 rings (SSSR count). The number of ether oxygens (including phenoxy) is 3. The van der Waals surface area contributed by atoms with Crippen molar-refractivity contribution in [3.63, 3.8) is 0 Å². The highest BCUT2D eigenvalue weighted by Crippen LogP contribution is 2.43. The Morgan fingerprint density at radius 1 is 1.43 bits per heavy atom. The molecule has 2 saturated heterocycles. The number of hydrogen-bond acceptors (Lipinski definition) is 6. The largest absolute Gasteiger partial charge is 0.394 e. The van der Waals surface area contributed by atoms with Crippen LogP contribution in [0.15, 0.2) is 17.1 Å². The molecule has 8 nitrogen and oxygen atoms in total. The van der Waals surface area contributed by atoms with Crippen LogP contribution in [-0.4, -0.2) is 50.3 Å². The molecule has 4 atom stereocenters. The van der Waals surface area contributed by atoms with Gasteiger partial charge in [0.05, 0.1) is 12.1 Å². The lowest BCUT2D eigenvalue weighted by atomic mass is 10.1. The first-order valence-corrected chi connectivity index (χ1v) is 7.66. The Balaban J connectivity index is 1.80. The van der Waals surface area contributed by atoms with Crippen molar-refractivity contribution in [2.75, 3.05) is 6.61 Å². The van der Waals surface area contributed by atoms with E-state index in [2.05, 4.69) is 9.97 Å². The van der Waals surface area contributed by atoms with Gasteiger partial charge in [-0.15, -0.1) is 0 Å². The minimum Gasteiger partial charge on any atom is -0.394 e. The first kappa shape index (κ1) is 15.1. The Hall–Kier alpha value is -1.45. The van der Waals surface area contributed by atoms with Gasteiger partial charge in [-0.05, 0) is 31.5 Å². The highest BCUT2D eigenvalue weighted by atomic mass is 35.5. The number of aliphatic hydroxyl groups excluding tert-OH is 1. The molecule has 23 heavy (non-hydrogen) atoms. The number of halogens is 1. The summed E-state index contributed by atoms with van der Waals surface area (Å²) in [4.78, 5) is 18.8. The maximum atomic E-state index is 12.2. The lowest BCUT2D eigenvalue weighted by Gasteiger charge is -2.24. The number of aliphatic hydroxyl groups is 1. The van der Waals surface area contributed by atoms with Crippen molar-refractivity contribution >= 4 is 22.6 Å². The van der Waals surface area contributed by atoms with Gasteiger partial charge in [-0.25, -0.2) is 4.98 Å². The molecule has 2 aliphatic heterocycles. The fourth-order valence-electron chi connectivity index (χ4n) is 3.29. The van der Waals surface area contributed by atoms with Crippen LogP contribution in [0.5, 0.6) is 0 Å². The summed E-state index contributed by atoms with van der Waals surface area (Å²) >= 11 is 5.78. The van der Waals surface area contributed by atoms with Gasteiger partial charge in [0.2, 0.25) is 5.28 Å². The molecule has 2 fully saturated rings. The third kappa shape index (κ3) is 2.29. The number of nitrogens with zero attached hydrogens (tertiary/aromatic N) is 2. The van der Waals surface area contributed by atoms with Crippen LogP contribution in [0.2, 0.25) is 5.28 Å². The van der Waals surface area contributed by atoms with Crippen molar-refractivity contribution in [1.29, 1.82) is 0 Å². The molecule has 2 aromatic heterocycles. The molecule has 0 aromatic carbocycles. The van der Waals surface area contributed by atoms with E-state index in [0.29, 0.717) is 11.0 Å². The smallest absolute Gasteiger partial charge is 0.276 e. The monoisotopic (exact) mass is 341 g/mol. The third-order valence-electron chi connectivity index (χ3n) is 4.12. The molecule has 0 spiro atoms. The quantitative estimate of drug-likeness (QED) is 0.784. The molecule has 124 valence electrons. The normalized spacial score (nSPS) is 32.5. The molecule has 9 heteroatoms. The van der Waals surface area contributed by atoms with Gasteiger partial charge >= 0.3 is 0 Å². The number of aromatic nitrogens is 3. The van der Waals surface area contributed by atoms with Crippen molar-refractivity contribution in [1.82, 2.24) is 14.5 Å². The predicted octanol–water partition coefficient (Wildman–Crippen LogP) is 0.788. The Kier molecular flexibility index (Phi) is 3.30. The SMILES string of the molecule is CC1(C)O[C@@H]2[C@H](O1)[C@@H](CO)O[C@H]2n1ccc2nc(Cl)[nH]c(=O)c21. The van der Waals surface area contributed by atoms with Crippen molar-refractivity contribution in [3.8, 4) is 0 Å². The topological polar surface area (TPSA) is 98.6 Å². The van der Waals surface area contributed by atoms with E-state index in [9.17, 15) is 9.90 Å². The van der Waals surface area contributed by atoms with E-state index in [1.165, 1.54) is 0 Å². The highest BCUT2D eigenvalue weighted by Gasteiger charge is 2.55. The number of rotatable bonds is 2. The summed E-state index contributed by atoms with van der Waals surface area (Å²) in [6.45, 7) is 3.41. The molecule has 0 bridgehead atoms. The van der Waals surface area contributed by atoms with E-state index in [-0.39, 0.29) is 17.4 Å². The molecule has 4 heterocycles. The fraction of sp³-hybridized carbons (Fsp3) is 0.571. The van der Waals surface area contributed by atoms with E-state index in [4.69, 9.17) is 25.8 Å². The summed E-state index contributed by atoms with van der Waals surface area (Å²) in [5.74, 6) is -0.776. The van der Waals surface area contributed by atoms with Gasteiger partial charge in [0, 0.05) is 6.20 Å². The van der Waals surface area contributed by atoms with Gasteiger partial charge in [0.1, 0.15) is 23.8 Å². The summed E-state index contributed by atoms with van der Waals surface area (Å²) < 4.78 is 19.2. The Labute approximate surface area is 135 Å². The lowest BCUT2D eigenvalue weighted by molar-refractivity contribution is -0.199. The van der Waals surface area contributed by atoms with Crippen molar-refractivity contribution in [2.45, 2.75) is 44.2 Å². The summed E-state index contributed by atoms with van der Waals surface area (Å²) in [6.07, 6.45) is -0.270. The second kappa shape index (κ2) is 5.02. The summed E-state index contributed by atoms with van der Waals surface area (Å²) in [5, 5.41) is 9.56. The molecule has 0 radical (unpaired) electrons. The molecule has 2 aromatic rings. The van der Waals surface area contributed by atoms with E-state index >= 15 is 0 Å². The van der Waals surface area contributed by atoms with Crippen LogP contribution in [0, 0.1) is 0 Å². The zero-order valence-corrected chi connectivity index (χ0v) is 13.3. The average molecular weight is 342 g/mol. The number of nitrogens with one attached hydrogen (secondary N) is 1. The lowest BCUT2D eigenvalue weighted by Crippen LogP contribution is -2.31. The second-order valence-electron chi connectivity index (χ2n) is 6.13. The zero-order valence-electron chi connectivity index (χ0n) is 12.5. The highest BCUT2D eigenvalue weighted by molar-refractivity contribution is 6.28. The molecule has 2 aliphatic rings. The first-order chi connectivity index (χ1) is 10.9. The van der Waals surface area contributed by atoms with Gasteiger partial charge < -0.3 is 23.9 Å². The molecular weight excluding hydrogens is 326 g/mol. The summed E-state index contributed by atoms with van der Waals surface area (Å²) in [7, 11) is 0. The van der Waals surface area contributed by atoms with Gasteiger partial charge in [0.15, 0.2) is 12.0 Å². The number of hydrogen-bond donors (Lipinski definition) is 2. The van der Waals surface area contributed by atoms with E-state index < -0.39 is 30.3 Å². The molecule has 0 aliphatic carbocycles. The van der Waals surface area contributed by atoms with E-state index in [1.54, 1.807) is 30.7 Å². The Morgan fingerprint density at radius 2 is 2.17 bits per heavy atom. The van der Waals surface area contributed by atoms with Crippen LogP contribution in [0.3, 0.4) is 0 Å². The predicted molar refractivity (Wildman–Crippen MR) is 80.2 cm³/mol. The number of aromatic amines is 1. The minimum absolute atomic E-state index is 0.0280. The van der Waals surface area contributed by atoms with Crippen LogP contribution in [0.1, 0.15) is 20.1 Å². The Morgan fingerprint density at radius 3 is 2.91 bits per heavy atom. The summed E-state index contributed by atoms with van der Waals surface area (Å²) in [5.41, 5.74) is 0.436. The molecular formula is C14H16ClN3O5. The Bertz CT molecular complexity index is 816. The molecule has 2 N–H and O–H groups in total. The van der Waals surface area contributed by atoms with Crippen molar-refractivity contribution in [2.24, 2.45) is 0 Å². The molecule has 0 saturated carbocycles. The zero-order chi connectivity index (χ0) is 16.4. The minimum atomic E-state index is -0.776. The maximum Gasteiger partial charge on any atom is 0.276 e. The maximum absolute atomic E-state index is 12.2. The third-order valence-corrected chi connectivity index (χ3v) is 4.30.